The first-order valence-corrected chi connectivity index (χ1v) is 10.2. The number of pyridine rings is 1. The minimum atomic E-state index is -0.0513. The second-order valence-electron chi connectivity index (χ2n) is 7.00. The van der Waals surface area contributed by atoms with E-state index in [9.17, 15) is 4.79 Å². The zero-order chi connectivity index (χ0) is 20.0. The fourth-order valence-corrected chi connectivity index (χ4v) is 4.24. The van der Waals surface area contributed by atoms with Gasteiger partial charge in [-0.15, -0.1) is 11.3 Å². The van der Waals surface area contributed by atoms with Gasteiger partial charge in [-0.05, 0) is 36.6 Å². The lowest BCUT2D eigenvalue weighted by molar-refractivity contribution is 0.0729. The van der Waals surface area contributed by atoms with Gasteiger partial charge in [0.1, 0.15) is 11.4 Å². The maximum Gasteiger partial charge on any atom is 0.274 e. The Morgan fingerprint density at radius 3 is 2.97 bits per heavy atom. The van der Waals surface area contributed by atoms with E-state index in [4.69, 9.17) is 4.52 Å². The summed E-state index contributed by atoms with van der Waals surface area (Å²) in [6, 6.07) is 3.87. The van der Waals surface area contributed by atoms with Crippen LogP contribution in [0.25, 0.3) is 23.0 Å². The molecule has 0 spiro atoms. The van der Waals surface area contributed by atoms with Gasteiger partial charge >= 0.3 is 0 Å². The molecule has 0 aliphatic carbocycles. The van der Waals surface area contributed by atoms with Gasteiger partial charge in [-0.3, -0.25) is 9.78 Å². The minimum Gasteiger partial charge on any atom is -0.347 e. The van der Waals surface area contributed by atoms with Gasteiger partial charge in [-0.25, -0.2) is 4.98 Å². The lowest BCUT2D eigenvalue weighted by Crippen LogP contribution is -2.36. The molecule has 5 heterocycles. The maximum atomic E-state index is 12.7. The number of hydrogen-bond donors (Lipinski definition) is 0. The van der Waals surface area contributed by atoms with Crippen LogP contribution >= 0.6 is 11.3 Å². The number of amides is 1. The average molecular weight is 406 g/mol. The normalized spacial score (nSPS) is 13.5. The van der Waals surface area contributed by atoms with Crippen molar-refractivity contribution in [2.45, 2.75) is 19.9 Å². The summed E-state index contributed by atoms with van der Waals surface area (Å²) in [6.07, 6.45) is 4.48. The number of aromatic nitrogens is 5. The Morgan fingerprint density at radius 2 is 2.21 bits per heavy atom. The molecule has 0 radical (unpaired) electrons. The summed E-state index contributed by atoms with van der Waals surface area (Å²) >= 11 is 1.42. The van der Waals surface area contributed by atoms with Gasteiger partial charge < -0.3 is 14.0 Å². The fourth-order valence-electron chi connectivity index (χ4n) is 3.71. The quantitative estimate of drug-likeness (QED) is 0.519. The van der Waals surface area contributed by atoms with E-state index in [0.29, 0.717) is 36.9 Å². The lowest BCUT2D eigenvalue weighted by Gasteiger charge is -2.29. The van der Waals surface area contributed by atoms with Crippen molar-refractivity contribution < 1.29 is 9.32 Å². The summed E-state index contributed by atoms with van der Waals surface area (Å²) < 4.78 is 7.45. The molecule has 8 nitrogen and oxygen atoms in total. The van der Waals surface area contributed by atoms with Crippen molar-refractivity contribution in [1.82, 2.24) is 29.6 Å². The Kier molecular flexibility index (Phi) is 4.24. The van der Waals surface area contributed by atoms with Crippen molar-refractivity contribution >= 4 is 17.2 Å². The van der Waals surface area contributed by atoms with Crippen LogP contribution in [-0.4, -0.2) is 42.0 Å². The van der Waals surface area contributed by atoms with Gasteiger partial charge in [0.15, 0.2) is 0 Å². The van der Waals surface area contributed by atoms with Crippen LogP contribution in [0.15, 0.2) is 39.9 Å². The maximum absolute atomic E-state index is 12.7. The molecule has 0 bridgehead atoms. The molecule has 5 rings (SSSR count). The van der Waals surface area contributed by atoms with Crippen molar-refractivity contribution in [3.8, 4) is 23.0 Å². The first-order valence-electron chi connectivity index (χ1n) is 9.22. The van der Waals surface area contributed by atoms with E-state index in [-0.39, 0.29) is 5.91 Å². The van der Waals surface area contributed by atoms with Gasteiger partial charge in [-0.1, -0.05) is 5.16 Å². The fraction of sp³-hybridized carbons (Fsp3) is 0.250. The van der Waals surface area contributed by atoms with Gasteiger partial charge in [-0.2, -0.15) is 4.98 Å². The van der Waals surface area contributed by atoms with Crippen LogP contribution in [0.1, 0.15) is 27.3 Å². The molecule has 0 saturated carbocycles. The molecule has 0 atom stereocenters. The highest BCUT2D eigenvalue weighted by atomic mass is 32.1. The minimum absolute atomic E-state index is 0.0513. The average Bonchev–Trinajstić information content (AvgIpc) is 3.48. The van der Waals surface area contributed by atoms with Crippen LogP contribution in [0.2, 0.25) is 0 Å². The zero-order valence-electron chi connectivity index (χ0n) is 16.0. The molecular formula is C20H18N6O2S. The Bertz CT molecular complexity index is 1190. The first-order chi connectivity index (χ1) is 14.1. The van der Waals surface area contributed by atoms with E-state index in [1.165, 1.54) is 11.3 Å². The standard InChI is InChI=1S/C20H18N6O2S/c1-12-17(18-23-19(28-24-18)16-4-3-6-25(16)2)14-5-7-26(9-13(14)8-21-12)20(27)15-10-29-11-22-15/h3-4,6,8,10-11H,5,7,9H2,1-2H3. The van der Waals surface area contributed by atoms with Gasteiger partial charge in [0.2, 0.25) is 5.82 Å². The molecule has 1 aliphatic heterocycles. The van der Waals surface area contributed by atoms with Gasteiger partial charge in [0, 0.05) is 49.2 Å². The smallest absolute Gasteiger partial charge is 0.274 e. The van der Waals surface area contributed by atoms with Crippen molar-refractivity contribution in [2.24, 2.45) is 7.05 Å². The number of nitrogens with zero attached hydrogens (tertiary/aromatic N) is 6. The molecule has 0 unspecified atom stereocenters. The summed E-state index contributed by atoms with van der Waals surface area (Å²) in [5.74, 6) is 0.951. The Balaban J connectivity index is 1.49. The van der Waals surface area contributed by atoms with Crippen LogP contribution < -0.4 is 0 Å². The first kappa shape index (κ1) is 17.7. The molecule has 0 saturated heterocycles. The van der Waals surface area contributed by atoms with E-state index in [1.54, 1.807) is 10.9 Å². The predicted molar refractivity (Wildman–Crippen MR) is 107 cm³/mol. The number of thiazole rings is 1. The summed E-state index contributed by atoms with van der Waals surface area (Å²) in [7, 11) is 1.93. The molecule has 1 aliphatic rings. The molecule has 9 heteroatoms. The van der Waals surface area contributed by atoms with Crippen LogP contribution in [0.4, 0.5) is 0 Å². The third kappa shape index (κ3) is 3.03. The van der Waals surface area contributed by atoms with Crippen LogP contribution in [0.5, 0.6) is 0 Å². The molecule has 146 valence electrons. The van der Waals surface area contributed by atoms with Crippen molar-refractivity contribution in [3.05, 3.63) is 57.9 Å². The SMILES string of the molecule is Cc1ncc2c(c1-c1noc(-c3cccn3C)n1)CCN(C(=O)c1cscn1)C2. The summed E-state index contributed by atoms with van der Waals surface area (Å²) in [6.45, 7) is 3.05. The molecule has 0 N–H and O–H groups in total. The summed E-state index contributed by atoms with van der Waals surface area (Å²) in [5, 5.41) is 6.00. The largest absolute Gasteiger partial charge is 0.347 e. The second kappa shape index (κ2) is 6.93. The summed E-state index contributed by atoms with van der Waals surface area (Å²) in [4.78, 5) is 27.8. The number of fused-ring (bicyclic) bond motifs is 1. The summed E-state index contributed by atoms with van der Waals surface area (Å²) in [5.41, 5.74) is 6.90. The molecular weight excluding hydrogens is 388 g/mol. The highest BCUT2D eigenvalue weighted by Crippen LogP contribution is 2.32. The predicted octanol–water partition coefficient (Wildman–Crippen LogP) is 3.10. The van der Waals surface area contributed by atoms with Gasteiger partial charge in [0.05, 0.1) is 5.51 Å². The van der Waals surface area contributed by atoms with Crippen LogP contribution in [0, 0.1) is 6.92 Å². The number of carbonyl (C=O) groups excluding carboxylic acids is 1. The number of hydrogen-bond acceptors (Lipinski definition) is 7. The number of aryl methyl sites for hydroxylation is 2. The highest BCUT2D eigenvalue weighted by molar-refractivity contribution is 7.07. The Hall–Kier alpha value is -3.33. The van der Waals surface area contributed by atoms with E-state index < -0.39 is 0 Å². The molecule has 0 aromatic carbocycles. The van der Waals surface area contributed by atoms with Crippen LogP contribution in [-0.2, 0) is 20.0 Å². The van der Waals surface area contributed by atoms with Crippen molar-refractivity contribution in [3.63, 3.8) is 0 Å². The highest BCUT2D eigenvalue weighted by Gasteiger charge is 2.27. The topological polar surface area (TPSA) is 89.9 Å². The monoisotopic (exact) mass is 406 g/mol. The molecule has 0 fully saturated rings. The molecule has 4 aromatic rings. The third-order valence-corrected chi connectivity index (χ3v) is 5.80. The van der Waals surface area contributed by atoms with Gasteiger partial charge in [0.25, 0.3) is 11.8 Å². The van der Waals surface area contributed by atoms with E-state index >= 15 is 0 Å². The van der Waals surface area contributed by atoms with E-state index in [0.717, 1.165) is 28.1 Å². The number of rotatable bonds is 3. The van der Waals surface area contributed by atoms with E-state index in [1.807, 2.05) is 48.0 Å². The van der Waals surface area contributed by atoms with E-state index in [2.05, 4.69) is 20.1 Å². The molecule has 4 aromatic heterocycles. The molecule has 29 heavy (non-hydrogen) atoms. The molecule has 1 amide bonds. The Morgan fingerprint density at radius 1 is 1.31 bits per heavy atom. The van der Waals surface area contributed by atoms with Crippen molar-refractivity contribution in [1.29, 1.82) is 0 Å². The third-order valence-electron chi connectivity index (χ3n) is 5.21. The second-order valence-corrected chi connectivity index (χ2v) is 7.72. The number of carbonyl (C=O) groups is 1. The Labute approximate surface area is 170 Å². The van der Waals surface area contributed by atoms with Crippen LogP contribution in [0.3, 0.4) is 0 Å². The van der Waals surface area contributed by atoms with Crippen molar-refractivity contribution in [2.75, 3.05) is 6.54 Å². The zero-order valence-corrected chi connectivity index (χ0v) is 16.8. The lowest BCUT2D eigenvalue weighted by atomic mass is 9.94.